The molecule has 0 atom stereocenters. The molecule has 0 spiro atoms. The Bertz CT molecular complexity index is 419. The topological polar surface area (TPSA) is 84.9 Å². The second-order valence-electron chi connectivity index (χ2n) is 3.62. The summed E-state index contributed by atoms with van der Waals surface area (Å²) in [6.45, 7) is 1.58. The minimum absolute atomic E-state index is 0.0908. The van der Waals surface area contributed by atoms with Crippen LogP contribution in [0.2, 0.25) is 0 Å². The largest absolute Gasteiger partial charge is 0.493 e. The molecule has 1 rings (SSSR count). The fourth-order valence-corrected chi connectivity index (χ4v) is 1.20. The number of hydroxylamine groups is 1. The first kappa shape index (κ1) is 14.0. The van der Waals surface area contributed by atoms with Crippen LogP contribution >= 0.6 is 0 Å². The van der Waals surface area contributed by atoms with Crippen LogP contribution < -0.4 is 10.2 Å². The van der Waals surface area contributed by atoms with Gasteiger partial charge in [-0.15, -0.1) is 0 Å². The highest BCUT2D eigenvalue weighted by atomic mass is 16.7. The maximum Gasteiger partial charge on any atom is 0.332 e. The third-order valence-corrected chi connectivity index (χ3v) is 1.97. The van der Waals surface area contributed by atoms with E-state index >= 15 is 0 Å². The van der Waals surface area contributed by atoms with E-state index in [4.69, 9.17) is 9.84 Å². The summed E-state index contributed by atoms with van der Waals surface area (Å²) in [6.07, 6.45) is 0.0908. The van der Waals surface area contributed by atoms with E-state index in [2.05, 4.69) is 4.84 Å². The molecule has 0 saturated carbocycles. The highest BCUT2D eigenvalue weighted by Gasteiger charge is 2.03. The minimum Gasteiger partial charge on any atom is -0.493 e. The predicted octanol–water partition coefficient (Wildman–Crippen LogP) is 0.896. The van der Waals surface area contributed by atoms with Crippen molar-refractivity contribution in [2.45, 2.75) is 13.3 Å². The van der Waals surface area contributed by atoms with Crippen LogP contribution in [-0.4, -0.2) is 30.2 Å². The first-order valence-corrected chi connectivity index (χ1v) is 5.40. The number of carbonyl (C=O) groups is 2. The fourth-order valence-electron chi connectivity index (χ4n) is 1.20. The number of hydrogen-bond acceptors (Lipinski definition) is 4. The highest BCUT2D eigenvalue weighted by Crippen LogP contribution is 2.12. The Kier molecular flexibility index (Phi) is 5.66. The number of hydrogen-bond donors (Lipinski definition) is 2. The number of carbonyl (C=O) groups excluding carboxylic acids is 1. The molecule has 98 valence electrons. The molecule has 6 nitrogen and oxygen atoms in total. The third-order valence-electron chi connectivity index (χ3n) is 1.97. The molecule has 0 aliphatic heterocycles. The molecular weight excluding hydrogens is 238 g/mol. The molecule has 0 heterocycles. The molecule has 6 heteroatoms. The summed E-state index contributed by atoms with van der Waals surface area (Å²) < 4.78 is 5.35. The molecule has 0 aliphatic carbocycles. The van der Waals surface area contributed by atoms with E-state index in [1.807, 2.05) is 30.6 Å². The van der Waals surface area contributed by atoms with Gasteiger partial charge in [-0.1, -0.05) is 12.1 Å². The van der Waals surface area contributed by atoms with Gasteiger partial charge in [0.1, 0.15) is 5.75 Å². The Morgan fingerprint density at radius 2 is 2.17 bits per heavy atom. The van der Waals surface area contributed by atoms with Gasteiger partial charge in [0.15, 0.2) is 6.61 Å². The summed E-state index contributed by atoms with van der Waals surface area (Å²) in [5.41, 5.74) is 3.08. The lowest BCUT2D eigenvalue weighted by Gasteiger charge is -2.07. The van der Waals surface area contributed by atoms with Gasteiger partial charge in [-0.2, -0.15) is 0 Å². The quantitative estimate of drug-likeness (QED) is 0.705. The number of ether oxygens (including phenoxy) is 1. The minimum atomic E-state index is -1.15. The smallest absolute Gasteiger partial charge is 0.332 e. The van der Waals surface area contributed by atoms with E-state index in [9.17, 15) is 9.59 Å². The first-order valence-electron chi connectivity index (χ1n) is 5.40. The normalized spacial score (nSPS) is 9.83. The Labute approximate surface area is 104 Å². The molecular formula is C12H15NO5. The number of nitrogens with one attached hydrogen (secondary N) is 1. The van der Waals surface area contributed by atoms with E-state index in [1.165, 1.54) is 0 Å². The molecule has 0 aliphatic rings. The Morgan fingerprint density at radius 3 is 2.83 bits per heavy atom. The van der Waals surface area contributed by atoms with Gasteiger partial charge in [0.25, 0.3) is 0 Å². The van der Waals surface area contributed by atoms with Crippen LogP contribution in [-0.2, 0) is 14.4 Å². The molecule has 1 amide bonds. The number of carboxylic acids is 1. The van der Waals surface area contributed by atoms with Gasteiger partial charge in [-0.05, 0) is 24.6 Å². The predicted molar refractivity (Wildman–Crippen MR) is 63.0 cm³/mol. The van der Waals surface area contributed by atoms with Gasteiger partial charge in [-0.3, -0.25) is 9.63 Å². The van der Waals surface area contributed by atoms with Gasteiger partial charge < -0.3 is 9.84 Å². The average molecular weight is 253 g/mol. The van der Waals surface area contributed by atoms with Crippen LogP contribution in [0.15, 0.2) is 24.3 Å². The molecule has 0 fully saturated rings. The highest BCUT2D eigenvalue weighted by molar-refractivity contribution is 5.75. The van der Waals surface area contributed by atoms with Crippen molar-refractivity contribution >= 4 is 11.9 Å². The number of amides is 1. The molecule has 0 bridgehead atoms. The van der Waals surface area contributed by atoms with Crippen LogP contribution in [0.4, 0.5) is 0 Å². The second kappa shape index (κ2) is 7.29. The van der Waals surface area contributed by atoms with E-state index in [1.54, 1.807) is 6.07 Å². The summed E-state index contributed by atoms with van der Waals surface area (Å²) in [6, 6.07) is 7.46. The molecule has 0 saturated heterocycles. The van der Waals surface area contributed by atoms with Crippen molar-refractivity contribution in [2.75, 3.05) is 13.2 Å². The van der Waals surface area contributed by atoms with Gasteiger partial charge in [0, 0.05) is 0 Å². The van der Waals surface area contributed by atoms with Crippen molar-refractivity contribution in [1.82, 2.24) is 5.48 Å². The van der Waals surface area contributed by atoms with Crippen LogP contribution in [0.1, 0.15) is 12.0 Å². The summed E-state index contributed by atoms with van der Waals surface area (Å²) in [5, 5.41) is 8.28. The molecule has 0 unspecified atom stereocenters. The van der Waals surface area contributed by atoms with E-state index < -0.39 is 18.5 Å². The number of carboxylic acid groups (broad SMARTS) is 1. The standard InChI is InChI=1S/C12H15NO5/c1-9-3-2-4-10(7-9)17-6-5-11(14)13-18-8-12(15)16/h2-4,7H,5-6,8H2,1H3,(H,13,14)(H,15,16). The molecule has 2 N–H and O–H groups in total. The maximum absolute atomic E-state index is 11.2. The summed E-state index contributed by atoms with van der Waals surface area (Å²) >= 11 is 0. The monoisotopic (exact) mass is 253 g/mol. The van der Waals surface area contributed by atoms with Crippen molar-refractivity contribution in [1.29, 1.82) is 0 Å². The lowest BCUT2D eigenvalue weighted by atomic mass is 10.2. The Morgan fingerprint density at radius 1 is 1.39 bits per heavy atom. The summed E-state index contributed by atoms with van der Waals surface area (Å²) in [4.78, 5) is 25.7. The van der Waals surface area contributed by atoms with Crippen LogP contribution in [0.3, 0.4) is 0 Å². The lowest BCUT2D eigenvalue weighted by molar-refractivity contribution is -0.149. The van der Waals surface area contributed by atoms with Gasteiger partial charge in [-0.25, -0.2) is 10.3 Å². The Hall–Kier alpha value is -2.08. The second-order valence-corrected chi connectivity index (χ2v) is 3.62. The van der Waals surface area contributed by atoms with E-state index in [-0.39, 0.29) is 13.0 Å². The lowest BCUT2D eigenvalue weighted by Crippen LogP contribution is -2.27. The molecule has 0 aromatic heterocycles. The van der Waals surface area contributed by atoms with Gasteiger partial charge in [0.2, 0.25) is 5.91 Å². The Balaban J connectivity index is 2.17. The first-order chi connectivity index (χ1) is 8.58. The number of rotatable bonds is 7. The summed E-state index contributed by atoms with van der Waals surface area (Å²) in [5.74, 6) is -0.885. The van der Waals surface area contributed by atoms with Crippen molar-refractivity contribution in [3.05, 3.63) is 29.8 Å². The van der Waals surface area contributed by atoms with Crippen LogP contribution in [0.5, 0.6) is 5.75 Å². The number of aryl methyl sites for hydroxylation is 1. The van der Waals surface area contributed by atoms with Crippen molar-refractivity contribution in [3.8, 4) is 5.75 Å². The van der Waals surface area contributed by atoms with Crippen molar-refractivity contribution in [3.63, 3.8) is 0 Å². The molecule has 18 heavy (non-hydrogen) atoms. The SMILES string of the molecule is Cc1cccc(OCCC(=O)NOCC(=O)O)c1. The zero-order chi connectivity index (χ0) is 13.4. The third kappa shape index (κ3) is 5.86. The van der Waals surface area contributed by atoms with Crippen LogP contribution in [0.25, 0.3) is 0 Å². The van der Waals surface area contributed by atoms with Gasteiger partial charge in [0.05, 0.1) is 13.0 Å². The summed E-state index contributed by atoms with van der Waals surface area (Å²) in [7, 11) is 0. The molecule has 0 radical (unpaired) electrons. The molecule has 1 aromatic carbocycles. The fraction of sp³-hybridized carbons (Fsp3) is 0.333. The van der Waals surface area contributed by atoms with Crippen molar-refractivity contribution < 1.29 is 24.3 Å². The molecule has 1 aromatic rings. The van der Waals surface area contributed by atoms with E-state index in [0.29, 0.717) is 5.75 Å². The van der Waals surface area contributed by atoms with Gasteiger partial charge >= 0.3 is 5.97 Å². The number of benzene rings is 1. The average Bonchev–Trinajstić information content (AvgIpc) is 2.28. The zero-order valence-corrected chi connectivity index (χ0v) is 10.0. The van der Waals surface area contributed by atoms with Crippen molar-refractivity contribution in [2.24, 2.45) is 0 Å². The van der Waals surface area contributed by atoms with E-state index in [0.717, 1.165) is 5.56 Å². The maximum atomic E-state index is 11.2. The zero-order valence-electron chi connectivity index (χ0n) is 10.0. The number of aliphatic carboxylic acids is 1. The van der Waals surface area contributed by atoms with Crippen LogP contribution in [0, 0.1) is 6.92 Å².